The van der Waals surface area contributed by atoms with Gasteiger partial charge in [0.05, 0.1) is 0 Å². The lowest BCUT2D eigenvalue weighted by Crippen LogP contribution is -2.35. The first-order chi connectivity index (χ1) is 9.49. The Kier molecular flexibility index (Phi) is 6.14. The molecule has 4 N–H and O–H groups in total. The normalized spacial score (nSPS) is 12.1. The molecular weight excluding hydrogens is 256 g/mol. The Hall–Kier alpha value is -1.92. The summed E-state index contributed by atoms with van der Waals surface area (Å²) >= 11 is 0. The van der Waals surface area contributed by atoms with Gasteiger partial charge in [-0.05, 0) is 18.7 Å². The maximum absolute atomic E-state index is 11.7. The van der Waals surface area contributed by atoms with Crippen LogP contribution in [0.4, 0.5) is 0 Å². The maximum atomic E-state index is 11.7. The minimum Gasteiger partial charge on any atom is -0.359 e. The van der Waals surface area contributed by atoms with Crippen LogP contribution < -0.4 is 16.6 Å². The van der Waals surface area contributed by atoms with Gasteiger partial charge in [-0.15, -0.1) is 0 Å². The molecule has 1 rings (SSSR count). The van der Waals surface area contributed by atoms with Crippen molar-refractivity contribution in [2.24, 2.45) is 11.8 Å². The summed E-state index contributed by atoms with van der Waals surface area (Å²) in [5.41, 5.74) is 3.57. The molecule has 1 aromatic carbocycles. The van der Waals surface area contributed by atoms with Crippen LogP contribution in [0.15, 0.2) is 24.3 Å². The van der Waals surface area contributed by atoms with Crippen molar-refractivity contribution in [3.8, 4) is 0 Å². The predicted octanol–water partition coefficient (Wildman–Crippen LogP) is 0.104. The Labute approximate surface area is 119 Å². The molecule has 0 fully saturated rings. The average molecular weight is 278 g/mol. The number of benzene rings is 1. The van der Waals surface area contributed by atoms with Crippen molar-refractivity contribution in [1.29, 1.82) is 0 Å². The zero-order chi connectivity index (χ0) is 15.1. The largest absolute Gasteiger partial charge is 0.359 e. The van der Waals surface area contributed by atoms with Crippen LogP contribution in [0.3, 0.4) is 0 Å². The number of hydrogen-bond donors (Lipinski definition) is 3. The highest BCUT2D eigenvalue weighted by molar-refractivity contribution is 5.95. The third-order valence-electron chi connectivity index (χ3n) is 3.11. The van der Waals surface area contributed by atoms with E-state index in [1.54, 1.807) is 19.2 Å². The van der Waals surface area contributed by atoms with Crippen molar-refractivity contribution in [3.05, 3.63) is 35.4 Å². The van der Waals surface area contributed by atoms with Gasteiger partial charge < -0.3 is 10.2 Å². The quantitative estimate of drug-likeness (QED) is 0.391. The van der Waals surface area contributed by atoms with Gasteiger partial charge in [0, 0.05) is 31.6 Å². The number of nitrogens with one attached hydrogen (secondary N) is 2. The zero-order valence-electron chi connectivity index (χ0n) is 12.1. The van der Waals surface area contributed by atoms with Gasteiger partial charge in [0.1, 0.15) is 0 Å². The molecule has 0 aliphatic rings. The SMILES string of the molecule is CNC(=O)C(C)CN(C)Cc1ccccc1C(=O)NN. The number of rotatable bonds is 6. The number of nitrogens with zero attached hydrogens (tertiary/aromatic N) is 1. The second-order valence-corrected chi connectivity index (χ2v) is 4.84. The van der Waals surface area contributed by atoms with Crippen LogP contribution in [0.1, 0.15) is 22.8 Å². The Balaban J connectivity index is 2.73. The van der Waals surface area contributed by atoms with Gasteiger partial charge in [-0.3, -0.25) is 15.0 Å². The number of hydrogen-bond acceptors (Lipinski definition) is 4. The first kappa shape index (κ1) is 16.1. The van der Waals surface area contributed by atoms with Crippen LogP contribution in [0.5, 0.6) is 0 Å². The number of hydrazine groups is 1. The zero-order valence-corrected chi connectivity index (χ0v) is 12.1. The number of carbonyl (C=O) groups excluding carboxylic acids is 2. The molecule has 1 atom stereocenters. The van der Waals surface area contributed by atoms with E-state index in [-0.39, 0.29) is 17.7 Å². The summed E-state index contributed by atoms with van der Waals surface area (Å²) in [4.78, 5) is 25.2. The minimum absolute atomic E-state index is 0.00448. The third kappa shape index (κ3) is 4.32. The number of amides is 2. The van der Waals surface area contributed by atoms with Crippen LogP contribution in [0.25, 0.3) is 0 Å². The summed E-state index contributed by atoms with van der Waals surface area (Å²) in [5.74, 6) is 4.76. The minimum atomic E-state index is -0.312. The summed E-state index contributed by atoms with van der Waals surface area (Å²) in [6, 6.07) is 7.28. The van der Waals surface area contributed by atoms with Crippen molar-refractivity contribution in [2.75, 3.05) is 20.6 Å². The van der Waals surface area contributed by atoms with E-state index in [0.717, 1.165) is 5.56 Å². The topological polar surface area (TPSA) is 87.5 Å². The highest BCUT2D eigenvalue weighted by Gasteiger charge is 2.16. The van der Waals surface area contributed by atoms with Crippen LogP contribution in [0, 0.1) is 5.92 Å². The lowest BCUT2D eigenvalue weighted by Gasteiger charge is -2.21. The second kappa shape index (κ2) is 7.62. The second-order valence-electron chi connectivity index (χ2n) is 4.84. The van der Waals surface area contributed by atoms with Crippen molar-refractivity contribution in [1.82, 2.24) is 15.6 Å². The van der Waals surface area contributed by atoms with Gasteiger partial charge in [0.25, 0.3) is 5.91 Å². The van der Waals surface area contributed by atoms with Gasteiger partial charge >= 0.3 is 0 Å². The first-order valence-corrected chi connectivity index (χ1v) is 6.48. The molecule has 0 saturated carbocycles. The molecule has 1 aromatic rings. The van der Waals surface area contributed by atoms with E-state index in [1.165, 1.54) is 0 Å². The van der Waals surface area contributed by atoms with E-state index in [1.807, 2.05) is 31.0 Å². The summed E-state index contributed by atoms with van der Waals surface area (Å²) in [7, 11) is 3.54. The first-order valence-electron chi connectivity index (χ1n) is 6.48. The highest BCUT2D eigenvalue weighted by atomic mass is 16.2. The molecule has 0 aliphatic heterocycles. The van der Waals surface area contributed by atoms with Crippen molar-refractivity contribution in [2.45, 2.75) is 13.5 Å². The third-order valence-corrected chi connectivity index (χ3v) is 3.11. The molecule has 0 bridgehead atoms. The monoisotopic (exact) mass is 278 g/mol. The van der Waals surface area contributed by atoms with Crippen molar-refractivity contribution in [3.63, 3.8) is 0 Å². The fraction of sp³-hybridized carbons (Fsp3) is 0.429. The van der Waals surface area contributed by atoms with E-state index >= 15 is 0 Å². The summed E-state index contributed by atoms with van der Waals surface area (Å²) in [5, 5.41) is 2.63. The Morgan fingerprint density at radius 2 is 2.00 bits per heavy atom. The van der Waals surface area contributed by atoms with E-state index < -0.39 is 0 Å². The summed E-state index contributed by atoms with van der Waals surface area (Å²) < 4.78 is 0. The van der Waals surface area contributed by atoms with Crippen LogP contribution in [-0.4, -0.2) is 37.4 Å². The molecule has 0 heterocycles. The lowest BCUT2D eigenvalue weighted by molar-refractivity contribution is -0.124. The fourth-order valence-corrected chi connectivity index (χ4v) is 2.11. The highest BCUT2D eigenvalue weighted by Crippen LogP contribution is 2.12. The van der Waals surface area contributed by atoms with Crippen LogP contribution in [0.2, 0.25) is 0 Å². The fourth-order valence-electron chi connectivity index (χ4n) is 2.11. The average Bonchev–Trinajstić information content (AvgIpc) is 2.45. The molecule has 110 valence electrons. The molecule has 0 aromatic heterocycles. The molecule has 2 amide bonds. The smallest absolute Gasteiger partial charge is 0.265 e. The molecule has 20 heavy (non-hydrogen) atoms. The van der Waals surface area contributed by atoms with Gasteiger partial charge in [0.2, 0.25) is 5.91 Å². The molecule has 0 radical (unpaired) electrons. The standard InChI is InChI=1S/C14H22N4O2/c1-10(13(19)16-2)8-18(3)9-11-6-4-5-7-12(11)14(20)17-15/h4-7,10H,8-9,15H2,1-3H3,(H,16,19)(H,17,20). The van der Waals surface area contributed by atoms with Gasteiger partial charge in [-0.1, -0.05) is 25.1 Å². The predicted molar refractivity (Wildman–Crippen MR) is 77.7 cm³/mol. The summed E-state index contributed by atoms with van der Waals surface area (Å²) in [6.07, 6.45) is 0. The van der Waals surface area contributed by atoms with Crippen molar-refractivity contribution < 1.29 is 9.59 Å². The Bertz CT molecular complexity index is 476. The molecule has 6 heteroatoms. The van der Waals surface area contributed by atoms with Crippen molar-refractivity contribution >= 4 is 11.8 Å². The summed E-state index contributed by atoms with van der Waals surface area (Å²) in [6.45, 7) is 3.05. The molecule has 0 saturated heterocycles. The van der Waals surface area contributed by atoms with E-state index in [0.29, 0.717) is 18.7 Å². The van der Waals surface area contributed by atoms with E-state index in [9.17, 15) is 9.59 Å². The molecule has 0 spiro atoms. The van der Waals surface area contributed by atoms with E-state index in [2.05, 4.69) is 10.7 Å². The molecule has 1 unspecified atom stereocenters. The Morgan fingerprint density at radius 3 is 2.60 bits per heavy atom. The van der Waals surface area contributed by atoms with Gasteiger partial charge in [0.15, 0.2) is 0 Å². The number of nitrogens with two attached hydrogens (primary N) is 1. The van der Waals surface area contributed by atoms with Gasteiger partial charge in [-0.2, -0.15) is 0 Å². The molecule has 6 nitrogen and oxygen atoms in total. The Morgan fingerprint density at radius 1 is 1.35 bits per heavy atom. The number of nitrogen functional groups attached to an aromatic ring is 1. The lowest BCUT2D eigenvalue weighted by atomic mass is 10.1. The van der Waals surface area contributed by atoms with Gasteiger partial charge in [-0.25, -0.2) is 5.84 Å². The molecular formula is C14H22N4O2. The van der Waals surface area contributed by atoms with E-state index in [4.69, 9.17) is 5.84 Å². The molecule has 0 aliphatic carbocycles. The number of carbonyl (C=O) groups is 2. The van der Waals surface area contributed by atoms with Crippen LogP contribution in [-0.2, 0) is 11.3 Å². The van der Waals surface area contributed by atoms with Crippen LogP contribution >= 0.6 is 0 Å². The maximum Gasteiger partial charge on any atom is 0.265 e.